The summed E-state index contributed by atoms with van der Waals surface area (Å²) >= 11 is 0. The molecule has 1 heterocycles. The fourth-order valence-corrected chi connectivity index (χ4v) is 3.13. The zero-order chi connectivity index (χ0) is 20.2. The van der Waals surface area contributed by atoms with Crippen molar-refractivity contribution in [2.75, 3.05) is 6.61 Å². The summed E-state index contributed by atoms with van der Waals surface area (Å²) in [7, 11) is 2.46. The van der Waals surface area contributed by atoms with Gasteiger partial charge in [0.25, 0.3) is 0 Å². The van der Waals surface area contributed by atoms with Gasteiger partial charge in [0, 0.05) is 6.42 Å². The third-order valence-electron chi connectivity index (χ3n) is 4.40. The minimum Gasteiger partial charge on any atom is -0.490 e. The number of aromatic nitrogens is 3. The van der Waals surface area contributed by atoms with Crippen molar-refractivity contribution in [1.29, 1.82) is 0 Å². The highest BCUT2D eigenvalue weighted by Crippen LogP contribution is 2.30. The van der Waals surface area contributed by atoms with E-state index in [1.54, 1.807) is 4.45 Å². The molecule has 0 spiro atoms. The van der Waals surface area contributed by atoms with Gasteiger partial charge in [-0.2, -0.15) is 0 Å². The van der Waals surface area contributed by atoms with E-state index in [-0.39, 0.29) is 5.97 Å². The predicted molar refractivity (Wildman–Crippen MR) is 114 cm³/mol. The number of carbonyl (C=O) groups excluding carboxylic acids is 1. The third kappa shape index (κ3) is 7.97. The molecule has 0 aliphatic rings. The summed E-state index contributed by atoms with van der Waals surface area (Å²) in [5, 5.41) is 7.97. The van der Waals surface area contributed by atoms with Crippen molar-refractivity contribution in [3.05, 3.63) is 35.7 Å². The van der Waals surface area contributed by atoms with Crippen LogP contribution in [0.15, 0.2) is 24.4 Å². The van der Waals surface area contributed by atoms with Crippen LogP contribution in [0.5, 0.6) is 11.5 Å². The lowest BCUT2D eigenvalue weighted by Gasteiger charge is -2.13. The third-order valence-corrected chi connectivity index (χ3v) is 4.65. The summed E-state index contributed by atoms with van der Waals surface area (Å²) in [5.74, 6) is 0.930. The summed E-state index contributed by atoms with van der Waals surface area (Å²) in [6.45, 7) is 4.70. The Morgan fingerprint density at radius 3 is 2.64 bits per heavy atom. The smallest absolute Gasteiger partial charge is 0.311 e. The Kier molecular flexibility index (Phi) is 9.98. The summed E-state index contributed by atoms with van der Waals surface area (Å²) in [4.78, 5) is 11.9. The largest absolute Gasteiger partial charge is 0.490 e. The molecule has 1 atom stereocenters. The number of esters is 1. The van der Waals surface area contributed by atoms with Crippen LogP contribution in [0.2, 0.25) is 0 Å². The van der Waals surface area contributed by atoms with Crippen LogP contribution in [0.3, 0.4) is 0 Å². The van der Waals surface area contributed by atoms with E-state index in [2.05, 4.69) is 26.6 Å². The molecule has 0 aliphatic carbocycles. The normalized spacial score (nSPS) is 10.8. The van der Waals surface area contributed by atoms with Gasteiger partial charge in [0.2, 0.25) is 0 Å². The van der Waals surface area contributed by atoms with Crippen LogP contribution in [-0.4, -0.2) is 27.3 Å². The molecular weight excluding hydrogens is 373 g/mol. The molecule has 28 heavy (non-hydrogen) atoms. The quantitative estimate of drug-likeness (QED) is 0.208. The van der Waals surface area contributed by atoms with Crippen LogP contribution in [0.25, 0.3) is 0 Å². The zero-order valence-corrected chi connectivity index (χ0v) is 18.2. The minimum atomic E-state index is -0.222. The lowest BCUT2D eigenvalue weighted by molar-refractivity contribution is -0.134. The monoisotopic (exact) mass is 405 g/mol. The van der Waals surface area contributed by atoms with Crippen molar-refractivity contribution in [3.63, 3.8) is 0 Å². The molecule has 0 fully saturated rings. The second-order valence-electron chi connectivity index (χ2n) is 6.96. The van der Waals surface area contributed by atoms with Crippen molar-refractivity contribution in [2.45, 2.75) is 71.6 Å². The Morgan fingerprint density at radius 2 is 1.93 bits per heavy atom. The van der Waals surface area contributed by atoms with Gasteiger partial charge in [-0.25, -0.2) is 4.45 Å². The van der Waals surface area contributed by atoms with Crippen LogP contribution in [0.1, 0.15) is 70.1 Å². The van der Waals surface area contributed by atoms with Gasteiger partial charge in [0.1, 0.15) is 0 Å². The van der Waals surface area contributed by atoms with E-state index < -0.39 is 0 Å². The number of unbranched alkanes of at least 4 members (excludes halogenated alkanes) is 3. The molecular formula is C21H32N3O3P. The van der Waals surface area contributed by atoms with Crippen molar-refractivity contribution in [2.24, 2.45) is 0 Å². The van der Waals surface area contributed by atoms with Gasteiger partial charge < -0.3 is 9.47 Å². The molecule has 0 bridgehead atoms. The van der Waals surface area contributed by atoms with Crippen LogP contribution in [0, 0.1) is 0 Å². The van der Waals surface area contributed by atoms with E-state index in [9.17, 15) is 4.79 Å². The summed E-state index contributed by atoms with van der Waals surface area (Å²) < 4.78 is 13.1. The zero-order valence-electron chi connectivity index (χ0n) is 17.0. The maximum atomic E-state index is 11.9. The lowest BCUT2D eigenvalue weighted by Crippen LogP contribution is -2.09. The summed E-state index contributed by atoms with van der Waals surface area (Å²) in [6, 6.07) is 5.90. The second kappa shape index (κ2) is 12.5. The molecule has 0 N–H and O–H groups in total. The number of rotatable bonds is 13. The number of carbonyl (C=O) groups is 1. The van der Waals surface area contributed by atoms with Gasteiger partial charge in [0.05, 0.1) is 18.5 Å². The van der Waals surface area contributed by atoms with Crippen molar-refractivity contribution < 1.29 is 14.3 Å². The standard InChI is InChI=1S/C21H32N3O3P/c1-3-5-6-7-10-17-12-13-19(27-21(25)9-4-2)20(15-17)26-14-8-11-18-16-24(28)23-22-18/h12-13,15-16H,3-11,14,28H2,1-2H3. The Balaban J connectivity index is 1.95. The van der Waals surface area contributed by atoms with Crippen LogP contribution in [-0.2, 0) is 17.6 Å². The fourth-order valence-electron chi connectivity index (χ4n) is 2.90. The average Bonchev–Trinajstić information content (AvgIpc) is 3.09. The highest BCUT2D eigenvalue weighted by atomic mass is 31.0. The molecule has 6 nitrogen and oxygen atoms in total. The van der Waals surface area contributed by atoms with Gasteiger partial charge >= 0.3 is 5.97 Å². The van der Waals surface area contributed by atoms with Crippen LogP contribution in [0.4, 0.5) is 0 Å². The van der Waals surface area contributed by atoms with E-state index in [0.717, 1.165) is 37.8 Å². The highest BCUT2D eigenvalue weighted by molar-refractivity contribution is 7.14. The lowest BCUT2D eigenvalue weighted by atomic mass is 10.1. The number of benzene rings is 1. The minimum absolute atomic E-state index is 0.222. The van der Waals surface area contributed by atoms with Crippen molar-refractivity contribution in [1.82, 2.24) is 14.8 Å². The van der Waals surface area contributed by atoms with Gasteiger partial charge in [-0.1, -0.05) is 44.4 Å². The Bertz CT molecular complexity index is 733. The second-order valence-corrected chi connectivity index (χ2v) is 7.49. The predicted octanol–water partition coefficient (Wildman–Crippen LogP) is 4.76. The fraction of sp³-hybridized carbons (Fsp3) is 0.571. The molecule has 1 unspecified atom stereocenters. The molecule has 0 saturated carbocycles. The van der Waals surface area contributed by atoms with E-state index >= 15 is 0 Å². The van der Waals surface area contributed by atoms with Crippen molar-refractivity contribution in [3.8, 4) is 11.5 Å². The van der Waals surface area contributed by atoms with E-state index in [1.807, 2.05) is 31.3 Å². The summed E-state index contributed by atoms with van der Waals surface area (Å²) in [5.41, 5.74) is 2.14. The van der Waals surface area contributed by atoms with E-state index in [4.69, 9.17) is 9.47 Å². The van der Waals surface area contributed by atoms with Crippen LogP contribution < -0.4 is 9.47 Å². The molecule has 2 aromatic rings. The number of ether oxygens (including phenoxy) is 2. The molecule has 7 heteroatoms. The van der Waals surface area contributed by atoms with E-state index in [0.29, 0.717) is 24.5 Å². The average molecular weight is 405 g/mol. The number of hydrogen-bond donors (Lipinski definition) is 0. The summed E-state index contributed by atoms with van der Waals surface area (Å²) in [6.07, 6.45) is 10.5. The molecule has 0 amide bonds. The first-order valence-corrected chi connectivity index (χ1v) is 10.8. The van der Waals surface area contributed by atoms with Gasteiger partial charge in [-0.05, 0) is 59.2 Å². The number of aryl methyl sites for hydroxylation is 2. The Hall–Kier alpha value is -1.94. The Morgan fingerprint density at radius 1 is 1.07 bits per heavy atom. The number of hydrogen-bond acceptors (Lipinski definition) is 5. The molecule has 0 radical (unpaired) electrons. The SMILES string of the molecule is CCCCCCc1ccc(OC(=O)CCC)c(OCCCc2cn(P)nn2)c1. The maximum absolute atomic E-state index is 11.9. The van der Waals surface area contributed by atoms with Crippen LogP contribution >= 0.6 is 9.39 Å². The molecule has 0 aliphatic heterocycles. The number of nitrogens with zero attached hydrogens (tertiary/aromatic N) is 3. The van der Waals surface area contributed by atoms with Crippen molar-refractivity contribution >= 4 is 15.4 Å². The van der Waals surface area contributed by atoms with Gasteiger partial charge in [-0.3, -0.25) is 4.79 Å². The molecule has 1 aromatic carbocycles. The maximum Gasteiger partial charge on any atom is 0.311 e. The first-order valence-electron chi connectivity index (χ1n) is 10.2. The Labute approximate surface area is 170 Å². The first-order chi connectivity index (χ1) is 13.6. The van der Waals surface area contributed by atoms with E-state index in [1.165, 1.54) is 24.8 Å². The molecule has 1 aromatic heterocycles. The molecule has 0 saturated heterocycles. The molecule has 2 rings (SSSR count). The first kappa shape index (κ1) is 22.4. The van der Waals surface area contributed by atoms with Gasteiger partial charge in [0.15, 0.2) is 11.5 Å². The topological polar surface area (TPSA) is 66.2 Å². The molecule has 154 valence electrons. The highest BCUT2D eigenvalue weighted by Gasteiger charge is 2.11. The van der Waals surface area contributed by atoms with Gasteiger partial charge in [-0.15, -0.1) is 5.10 Å².